The van der Waals surface area contributed by atoms with Gasteiger partial charge in [0.05, 0.1) is 18.7 Å². The number of aromatic carboxylic acids is 1. The molecule has 1 aliphatic rings. The van der Waals surface area contributed by atoms with E-state index in [-0.39, 0.29) is 18.0 Å². The molecule has 1 amide bonds. The zero-order valence-corrected chi connectivity index (χ0v) is 10.0. The predicted octanol–water partition coefficient (Wildman–Crippen LogP) is 0.690. The molecule has 2 rings (SSSR count). The van der Waals surface area contributed by atoms with E-state index in [0.717, 1.165) is 25.9 Å². The molecule has 0 atom stereocenters. The van der Waals surface area contributed by atoms with Gasteiger partial charge in [0.25, 0.3) is 0 Å². The second-order valence-corrected chi connectivity index (χ2v) is 4.30. The van der Waals surface area contributed by atoms with Gasteiger partial charge in [-0.05, 0) is 18.9 Å². The first-order valence-corrected chi connectivity index (χ1v) is 5.96. The molecule has 6 heteroatoms. The van der Waals surface area contributed by atoms with Gasteiger partial charge in [0.2, 0.25) is 5.91 Å². The lowest BCUT2D eigenvalue weighted by molar-refractivity contribution is -0.129. The minimum absolute atomic E-state index is 0.0810. The number of hydrogen-bond acceptors (Lipinski definition) is 4. The van der Waals surface area contributed by atoms with E-state index in [4.69, 9.17) is 9.52 Å². The van der Waals surface area contributed by atoms with E-state index in [0.29, 0.717) is 12.3 Å². The van der Waals surface area contributed by atoms with Crippen LogP contribution < -0.4 is 5.32 Å². The van der Waals surface area contributed by atoms with Crippen molar-refractivity contribution in [3.05, 3.63) is 23.7 Å². The van der Waals surface area contributed by atoms with Crippen LogP contribution in [0.5, 0.6) is 0 Å². The summed E-state index contributed by atoms with van der Waals surface area (Å²) in [4.78, 5) is 24.1. The summed E-state index contributed by atoms with van der Waals surface area (Å²) in [5, 5.41) is 11.7. The summed E-state index contributed by atoms with van der Waals surface area (Å²) in [7, 11) is 0. The number of rotatable bonds is 5. The molecule has 98 valence electrons. The van der Waals surface area contributed by atoms with Crippen molar-refractivity contribution in [2.45, 2.75) is 19.4 Å². The van der Waals surface area contributed by atoms with Gasteiger partial charge in [0.1, 0.15) is 12.0 Å². The largest absolute Gasteiger partial charge is 0.478 e. The van der Waals surface area contributed by atoms with Gasteiger partial charge in [-0.3, -0.25) is 4.79 Å². The van der Waals surface area contributed by atoms with Crippen LogP contribution in [0.15, 0.2) is 16.7 Å². The molecule has 6 nitrogen and oxygen atoms in total. The molecule has 1 aromatic heterocycles. The van der Waals surface area contributed by atoms with Crippen LogP contribution in [0.3, 0.4) is 0 Å². The summed E-state index contributed by atoms with van der Waals surface area (Å²) < 4.78 is 5.07. The first-order valence-electron chi connectivity index (χ1n) is 5.96. The molecule has 1 aliphatic heterocycles. The van der Waals surface area contributed by atoms with Crippen molar-refractivity contribution < 1.29 is 19.1 Å². The standard InChI is InChI=1S/C12H16N2O4/c15-11(14-3-1-2-4-14)7-13-6-10-5-9(8-18-10)12(16)17/h5,8,13H,1-4,6-7H2,(H,16,17). The van der Waals surface area contributed by atoms with Gasteiger partial charge in [-0.1, -0.05) is 0 Å². The fourth-order valence-corrected chi connectivity index (χ4v) is 1.96. The second-order valence-electron chi connectivity index (χ2n) is 4.30. The lowest BCUT2D eigenvalue weighted by atomic mass is 10.3. The van der Waals surface area contributed by atoms with Gasteiger partial charge in [0.15, 0.2) is 0 Å². The van der Waals surface area contributed by atoms with Crippen molar-refractivity contribution >= 4 is 11.9 Å². The Balaban J connectivity index is 1.74. The monoisotopic (exact) mass is 252 g/mol. The molecule has 0 aromatic carbocycles. The molecular weight excluding hydrogens is 236 g/mol. The van der Waals surface area contributed by atoms with Gasteiger partial charge in [-0.2, -0.15) is 0 Å². The van der Waals surface area contributed by atoms with Gasteiger partial charge in [-0.25, -0.2) is 4.79 Å². The van der Waals surface area contributed by atoms with Crippen molar-refractivity contribution in [1.82, 2.24) is 10.2 Å². The number of carbonyl (C=O) groups excluding carboxylic acids is 1. The molecule has 0 saturated carbocycles. The average molecular weight is 252 g/mol. The van der Waals surface area contributed by atoms with E-state index in [9.17, 15) is 9.59 Å². The van der Waals surface area contributed by atoms with Gasteiger partial charge in [0, 0.05) is 13.1 Å². The van der Waals surface area contributed by atoms with E-state index in [1.54, 1.807) is 0 Å². The van der Waals surface area contributed by atoms with Gasteiger partial charge >= 0.3 is 5.97 Å². The highest BCUT2D eigenvalue weighted by atomic mass is 16.4. The number of carboxylic acid groups (broad SMARTS) is 1. The Kier molecular flexibility index (Phi) is 3.99. The number of amides is 1. The van der Waals surface area contributed by atoms with Crippen molar-refractivity contribution in [2.75, 3.05) is 19.6 Å². The highest BCUT2D eigenvalue weighted by molar-refractivity contribution is 5.87. The Hall–Kier alpha value is -1.82. The zero-order valence-electron chi connectivity index (χ0n) is 10.0. The molecule has 0 aliphatic carbocycles. The van der Waals surface area contributed by atoms with E-state index in [2.05, 4.69) is 5.32 Å². The molecule has 0 bridgehead atoms. The summed E-state index contributed by atoms with van der Waals surface area (Å²) >= 11 is 0. The third kappa shape index (κ3) is 3.10. The summed E-state index contributed by atoms with van der Waals surface area (Å²) in [5.41, 5.74) is 0.123. The minimum atomic E-state index is -1.02. The number of carbonyl (C=O) groups is 2. The summed E-state index contributed by atoms with van der Waals surface area (Å²) in [6.07, 6.45) is 3.35. The number of nitrogens with zero attached hydrogens (tertiary/aromatic N) is 1. The van der Waals surface area contributed by atoms with Crippen LogP contribution in [-0.4, -0.2) is 41.5 Å². The van der Waals surface area contributed by atoms with E-state index >= 15 is 0 Å². The van der Waals surface area contributed by atoms with Crippen LogP contribution >= 0.6 is 0 Å². The van der Waals surface area contributed by atoms with Crippen molar-refractivity contribution in [2.24, 2.45) is 0 Å². The molecule has 1 fully saturated rings. The Bertz CT molecular complexity index is 435. The topological polar surface area (TPSA) is 82.8 Å². The van der Waals surface area contributed by atoms with Crippen LogP contribution in [-0.2, 0) is 11.3 Å². The van der Waals surface area contributed by atoms with Gasteiger partial charge < -0.3 is 19.7 Å². The van der Waals surface area contributed by atoms with Crippen LogP contribution in [0, 0.1) is 0 Å². The fourth-order valence-electron chi connectivity index (χ4n) is 1.96. The van der Waals surface area contributed by atoms with Crippen molar-refractivity contribution in [3.63, 3.8) is 0 Å². The molecule has 0 radical (unpaired) electrons. The average Bonchev–Trinajstić information content (AvgIpc) is 3.00. The quantitative estimate of drug-likeness (QED) is 0.805. The maximum atomic E-state index is 11.7. The molecule has 1 aromatic rings. The van der Waals surface area contributed by atoms with Crippen LogP contribution in [0.1, 0.15) is 29.0 Å². The first kappa shape index (κ1) is 12.6. The molecular formula is C12H16N2O4. The molecule has 0 spiro atoms. The smallest absolute Gasteiger partial charge is 0.338 e. The van der Waals surface area contributed by atoms with Crippen LogP contribution in [0.2, 0.25) is 0 Å². The lowest BCUT2D eigenvalue weighted by Crippen LogP contribution is -2.35. The Morgan fingerprint density at radius 1 is 1.39 bits per heavy atom. The maximum Gasteiger partial charge on any atom is 0.338 e. The summed E-state index contributed by atoms with van der Waals surface area (Å²) in [6.45, 7) is 2.28. The number of furan rings is 1. The van der Waals surface area contributed by atoms with Gasteiger partial charge in [-0.15, -0.1) is 0 Å². The SMILES string of the molecule is O=C(O)c1coc(CNCC(=O)N2CCCC2)c1. The highest BCUT2D eigenvalue weighted by Gasteiger charge is 2.17. The maximum absolute atomic E-state index is 11.7. The predicted molar refractivity (Wildman–Crippen MR) is 63.2 cm³/mol. The molecule has 0 unspecified atom stereocenters. The van der Waals surface area contributed by atoms with E-state index in [1.807, 2.05) is 4.90 Å². The molecule has 1 saturated heterocycles. The van der Waals surface area contributed by atoms with E-state index in [1.165, 1.54) is 12.3 Å². The number of carboxylic acids is 1. The Labute approximate surface area is 105 Å². The second kappa shape index (κ2) is 5.68. The van der Waals surface area contributed by atoms with Crippen molar-refractivity contribution in [1.29, 1.82) is 0 Å². The minimum Gasteiger partial charge on any atom is -0.478 e. The molecule has 2 N–H and O–H groups in total. The first-order chi connectivity index (χ1) is 8.66. The lowest BCUT2D eigenvalue weighted by Gasteiger charge is -2.14. The third-order valence-corrected chi connectivity index (χ3v) is 2.93. The Morgan fingerprint density at radius 3 is 2.72 bits per heavy atom. The fraction of sp³-hybridized carbons (Fsp3) is 0.500. The molecule has 2 heterocycles. The highest BCUT2D eigenvalue weighted by Crippen LogP contribution is 2.08. The number of hydrogen-bond donors (Lipinski definition) is 2. The summed E-state index contributed by atoms with van der Waals surface area (Å²) in [6, 6.07) is 1.45. The zero-order chi connectivity index (χ0) is 13.0. The molecule has 18 heavy (non-hydrogen) atoms. The van der Waals surface area contributed by atoms with Crippen molar-refractivity contribution in [3.8, 4) is 0 Å². The third-order valence-electron chi connectivity index (χ3n) is 2.93. The number of nitrogens with one attached hydrogen (secondary N) is 1. The summed E-state index contributed by atoms with van der Waals surface area (Å²) in [5.74, 6) is -0.419. The van der Waals surface area contributed by atoms with E-state index < -0.39 is 5.97 Å². The Morgan fingerprint density at radius 2 is 2.11 bits per heavy atom. The van der Waals surface area contributed by atoms with Crippen LogP contribution in [0.4, 0.5) is 0 Å². The normalized spacial score (nSPS) is 15.0. The number of likely N-dealkylation sites (tertiary alicyclic amines) is 1. The van der Waals surface area contributed by atoms with Crippen LogP contribution in [0.25, 0.3) is 0 Å².